The summed E-state index contributed by atoms with van der Waals surface area (Å²) in [7, 11) is 0. The maximum Gasteiger partial charge on any atom is 0.259 e. The first kappa shape index (κ1) is 15.3. The van der Waals surface area contributed by atoms with Crippen LogP contribution < -0.4 is 5.32 Å². The minimum absolute atomic E-state index is 0. The van der Waals surface area contributed by atoms with Crippen LogP contribution in [0.1, 0.15) is 6.42 Å². The number of amides is 1. The van der Waals surface area contributed by atoms with E-state index in [1.54, 1.807) is 4.90 Å². The molecule has 1 saturated carbocycles. The number of nitrogens with one attached hydrogen (secondary N) is 2. The lowest BCUT2D eigenvalue weighted by atomic mass is 10.0. The van der Waals surface area contributed by atoms with Crippen molar-refractivity contribution < 1.29 is 20.5 Å². The Kier molecular flexibility index (Phi) is 3.90. The Balaban J connectivity index is 0.00000161. The van der Waals surface area contributed by atoms with Crippen LogP contribution in [0.25, 0.3) is 0 Å². The van der Waals surface area contributed by atoms with E-state index in [-0.39, 0.29) is 35.9 Å². The number of fused-ring (bicyclic) bond motifs is 1. The molecule has 3 aliphatic rings. The summed E-state index contributed by atoms with van der Waals surface area (Å²) in [5.41, 5.74) is 0.687. The highest BCUT2D eigenvalue weighted by molar-refractivity contribution is 6.23. The van der Waals surface area contributed by atoms with Gasteiger partial charge < -0.3 is 20.6 Å². The fraction of sp³-hybridized carbons (Fsp3) is 0.500. The molecule has 0 aromatic rings. The lowest BCUT2D eigenvalue weighted by Crippen LogP contribution is -2.50. The van der Waals surface area contributed by atoms with E-state index in [0.717, 1.165) is 0 Å². The molecule has 0 aromatic heterocycles. The minimum atomic E-state index is -0.748. The second-order valence-corrected chi connectivity index (χ2v) is 5.07. The van der Waals surface area contributed by atoms with Crippen molar-refractivity contribution in [2.45, 2.75) is 24.6 Å². The molecule has 114 valence electrons. The van der Waals surface area contributed by atoms with Gasteiger partial charge in [-0.15, -0.1) is 0 Å². The Labute approximate surface area is 120 Å². The summed E-state index contributed by atoms with van der Waals surface area (Å²) in [6.07, 6.45) is 1.20. The molecule has 9 nitrogen and oxygen atoms in total. The van der Waals surface area contributed by atoms with Gasteiger partial charge in [-0.3, -0.25) is 20.5 Å². The molecule has 1 amide bonds. The molecular weight excluding hydrogens is 278 g/mol. The third kappa shape index (κ3) is 2.24. The van der Waals surface area contributed by atoms with Crippen LogP contribution in [-0.4, -0.2) is 69.4 Å². The van der Waals surface area contributed by atoms with Gasteiger partial charge in [-0.2, -0.15) is 4.99 Å². The number of carbonyl (C=O) groups excluding carboxylic acids is 1. The molecule has 6 N–H and O–H groups in total. The van der Waals surface area contributed by atoms with E-state index >= 15 is 0 Å². The fourth-order valence-electron chi connectivity index (χ4n) is 2.85. The molecule has 1 aliphatic carbocycles. The summed E-state index contributed by atoms with van der Waals surface area (Å²) >= 11 is 0. The van der Waals surface area contributed by atoms with E-state index in [0.29, 0.717) is 17.8 Å². The van der Waals surface area contributed by atoms with E-state index in [4.69, 9.17) is 5.41 Å². The van der Waals surface area contributed by atoms with Crippen molar-refractivity contribution in [3.63, 3.8) is 0 Å². The number of carbonyl (C=O) groups is 1. The number of nitrogens with zero attached hydrogens (tertiary/aromatic N) is 3. The number of aliphatic hydroxyl groups excluding tert-OH is 2. The molecule has 3 rings (SSSR count). The highest BCUT2D eigenvalue weighted by Gasteiger charge is 2.45. The largest absolute Gasteiger partial charge is 0.412 e. The first-order valence-electron chi connectivity index (χ1n) is 6.30. The quantitative estimate of drug-likeness (QED) is 0.421. The first-order valence-corrected chi connectivity index (χ1v) is 6.30. The lowest BCUT2D eigenvalue weighted by Gasteiger charge is -2.28. The van der Waals surface area contributed by atoms with Crippen molar-refractivity contribution in [3.05, 3.63) is 12.2 Å². The maximum atomic E-state index is 11.7. The molecule has 0 bridgehead atoms. The van der Waals surface area contributed by atoms with Crippen molar-refractivity contribution in [2.24, 2.45) is 15.9 Å². The SMILES string of the molecule is C=C1C(CO)C(O)CC1N1C=NC2C(=O)NC(=N)N=C21.O. The predicted molar refractivity (Wildman–Crippen MR) is 75.2 cm³/mol. The van der Waals surface area contributed by atoms with Gasteiger partial charge in [0.15, 0.2) is 6.04 Å². The standard InChI is InChI=1S/C12H15N5O3.H2O/c1-5-6(3-18)8(19)2-7(5)17-4-14-9-10(17)15-12(13)16-11(9)20;/h4,6-9,18-19H,1-3H2,(H2,13,16,20);1H2. The molecular formula is C12H17N5O4. The van der Waals surface area contributed by atoms with Crippen LogP contribution in [0.2, 0.25) is 0 Å². The van der Waals surface area contributed by atoms with Crippen LogP contribution in [-0.2, 0) is 4.79 Å². The summed E-state index contributed by atoms with van der Waals surface area (Å²) < 4.78 is 0. The van der Waals surface area contributed by atoms with Gasteiger partial charge in [0.1, 0.15) is 5.84 Å². The summed E-state index contributed by atoms with van der Waals surface area (Å²) in [5, 5.41) is 29.0. The van der Waals surface area contributed by atoms with Gasteiger partial charge in [-0.25, -0.2) is 0 Å². The van der Waals surface area contributed by atoms with E-state index in [1.165, 1.54) is 6.34 Å². The number of hydrogen-bond donors (Lipinski definition) is 4. The number of aliphatic hydroxyl groups is 2. The predicted octanol–water partition coefficient (Wildman–Crippen LogP) is -2.36. The number of rotatable bonds is 2. The van der Waals surface area contributed by atoms with E-state index in [1.807, 2.05) is 0 Å². The van der Waals surface area contributed by atoms with Crippen LogP contribution in [0, 0.1) is 11.3 Å². The molecule has 21 heavy (non-hydrogen) atoms. The van der Waals surface area contributed by atoms with Gasteiger partial charge >= 0.3 is 0 Å². The van der Waals surface area contributed by atoms with Crippen LogP contribution in [0.5, 0.6) is 0 Å². The third-order valence-corrected chi connectivity index (χ3v) is 3.93. The van der Waals surface area contributed by atoms with Gasteiger partial charge in [0.05, 0.1) is 25.1 Å². The second kappa shape index (κ2) is 5.35. The van der Waals surface area contributed by atoms with Crippen LogP contribution >= 0.6 is 0 Å². The van der Waals surface area contributed by atoms with E-state index in [2.05, 4.69) is 21.9 Å². The summed E-state index contributed by atoms with van der Waals surface area (Å²) in [5.74, 6) is -0.623. The van der Waals surface area contributed by atoms with Crippen LogP contribution in [0.15, 0.2) is 22.1 Å². The average Bonchev–Trinajstić information content (AvgIpc) is 2.91. The Morgan fingerprint density at radius 2 is 2.29 bits per heavy atom. The number of aliphatic imine (C=N–C) groups is 2. The van der Waals surface area contributed by atoms with Gasteiger partial charge in [0.2, 0.25) is 5.96 Å². The van der Waals surface area contributed by atoms with Crippen LogP contribution in [0.3, 0.4) is 0 Å². The number of amidine groups is 1. The molecule has 0 aromatic carbocycles. The zero-order valence-electron chi connectivity index (χ0n) is 11.2. The molecule has 2 aliphatic heterocycles. The van der Waals surface area contributed by atoms with Gasteiger partial charge in [-0.1, -0.05) is 6.58 Å². The number of guanidine groups is 1. The molecule has 1 fully saturated rings. The molecule has 2 heterocycles. The van der Waals surface area contributed by atoms with Gasteiger partial charge in [0.25, 0.3) is 5.91 Å². The normalized spacial score (nSPS) is 34.5. The van der Waals surface area contributed by atoms with Crippen molar-refractivity contribution in [1.29, 1.82) is 5.41 Å². The topological polar surface area (TPSA) is 153 Å². The van der Waals surface area contributed by atoms with Crippen molar-refractivity contribution >= 4 is 24.0 Å². The zero-order valence-corrected chi connectivity index (χ0v) is 11.2. The Morgan fingerprint density at radius 3 is 2.90 bits per heavy atom. The molecule has 9 heteroatoms. The first-order chi connectivity index (χ1) is 9.52. The van der Waals surface area contributed by atoms with E-state index in [9.17, 15) is 15.0 Å². The summed E-state index contributed by atoms with van der Waals surface area (Å²) in [6, 6.07) is -1.02. The summed E-state index contributed by atoms with van der Waals surface area (Å²) in [4.78, 5) is 21.5. The molecule has 0 saturated heterocycles. The molecule has 0 radical (unpaired) electrons. The van der Waals surface area contributed by atoms with Crippen molar-refractivity contribution in [1.82, 2.24) is 10.2 Å². The Hall–Kier alpha value is -2.10. The van der Waals surface area contributed by atoms with Gasteiger partial charge in [-0.05, 0) is 12.0 Å². The smallest absolute Gasteiger partial charge is 0.259 e. The Morgan fingerprint density at radius 1 is 1.57 bits per heavy atom. The van der Waals surface area contributed by atoms with E-state index < -0.39 is 12.1 Å². The second-order valence-electron chi connectivity index (χ2n) is 5.07. The number of hydrogen-bond acceptors (Lipinski definition) is 6. The molecule has 0 spiro atoms. The highest BCUT2D eigenvalue weighted by atomic mass is 16.3. The van der Waals surface area contributed by atoms with Gasteiger partial charge in [0, 0.05) is 5.92 Å². The third-order valence-electron chi connectivity index (χ3n) is 3.93. The fourth-order valence-corrected chi connectivity index (χ4v) is 2.85. The summed E-state index contributed by atoms with van der Waals surface area (Å²) in [6.45, 7) is 3.75. The molecule has 4 unspecified atom stereocenters. The minimum Gasteiger partial charge on any atom is -0.412 e. The monoisotopic (exact) mass is 295 g/mol. The molecule has 4 atom stereocenters. The zero-order chi connectivity index (χ0) is 14.4. The average molecular weight is 295 g/mol. The van der Waals surface area contributed by atoms with Crippen molar-refractivity contribution in [3.8, 4) is 0 Å². The lowest BCUT2D eigenvalue weighted by molar-refractivity contribution is -0.119. The van der Waals surface area contributed by atoms with Crippen molar-refractivity contribution in [2.75, 3.05) is 6.61 Å². The van der Waals surface area contributed by atoms with Crippen LogP contribution in [0.4, 0.5) is 0 Å². The Bertz CT molecular complexity index is 558. The highest BCUT2D eigenvalue weighted by Crippen LogP contribution is 2.35. The maximum absolute atomic E-state index is 11.7.